The van der Waals surface area contributed by atoms with Gasteiger partial charge in [-0.15, -0.1) is 17.9 Å². The van der Waals surface area contributed by atoms with E-state index in [0.717, 1.165) is 24.1 Å². The zero-order valence-corrected chi connectivity index (χ0v) is 10.2. The van der Waals surface area contributed by atoms with Crippen molar-refractivity contribution in [2.75, 3.05) is 6.54 Å². The molecule has 0 amide bonds. The Morgan fingerprint density at radius 2 is 2.44 bits per heavy atom. The van der Waals surface area contributed by atoms with Crippen molar-refractivity contribution in [3.63, 3.8) is 0 Å². The molecule has 0 unspecified atom stereocenters. The van der Waals surface area contributed by atoms with E-state index in [0.29, 0.717) is 18.7 Å². The van der Waals surface area contributed by atoms with Crippen molar-refractivity contribution in [1.82, 2.24) is 5.32 Å². The van der Waals surface area contributed by atoms with Crippen LogP contribution < -0.4 is 5.32 Å². The molecule has 0 aromatic carbocycles. The van der Waals surface area contributed by atoms with Crippen LogP contribution in [0.15, 0.2) is 30.2 Å². The van der Waals surface area contributed by atoms with Crippen molar-refractivity contribution in [3.05, 3.63) is 35.0 Å². The number of thiophene rings is 1. The average Bonchev–Trinajstić information content (AvgIpc) is 2.82. The maximum Gasteiger partial charge on any atom is 0.158 e. The van der Waals surface area contributed by atoms with Gasteiger partial charge in [0.25, 0.3) is 0 Å². The lowest BCUT2D eigenvalue weighted by Crippen LogP contribution is -2.50. The highest BCUT2D eigenvalue weighted by molar-refractivity contribution is 7.10. The monoisotopic (exact) mass is 235 g/mol. The Kier molecular flexibility index (Phi) is 3.56. The Balaban J connectivity index is 2.31. The molecule has 2 nitrogen and oxygen atoms in total. The Morgan fingerprint density at radius 3 is 3.06 bits per heavy atom. The molecule has 0 bridgehead atoms. The van der Waals surface area contributed by atoms with Crippen molar-refractivity contribution in [3.8, 4) is 0 Å². The van der Waals surface area contributed by atoms with Gasteiger partial charge in [-0.05, 0) is 24.3 Å². The van der Waals surface area contributed by atoms with Gasteiger partial charge in [0, 0.05) is 17.8 Å². The lowest BCUT2D eigenvalue weighted by molar-refractivity contribution is -0.127. The van der Waals surface area contributed by atoms with Gasteiger partial charge in [0.15, 0.2) is 5.78 Å². The minimum Gasteiger partial charge on any atom is -0.297 e. The molecule has 0 spiro atoms. The van der Waals surface area contributed by atoms with Gasteiger partial charge in [0.05, 0.1) is 0 Å². The van der Waals surface area contributed by atoms with Crippen molar-refractivity contribution in [2.45, 2.75) is 31.2 Å². The molecule has 16 heavy (non-hydrogen) atoms. The topological polar surface area (TPSA) is 29.1 Å². The normalized spacial score (nSPS) is 25.6. The van der Waals surface area contributed by atoms with Gasteiger partial charge >= 0.3 is 0 Å². The van der Waals surface area contributed by atoms with Crippen LogP contribution in [0.25, 0.3) is 0 Å². The van der Waals surface area contributed by atoms with E-state index >= 15 is 0 Å². The summed E-state index contributed by atoms with van der Waals surface area (Å²) >= 11 is 1.66. The van der Waals surface area contributed by atoms with E-state index in [1.54, 1.807) is 11.3 Å². The van der Waals surface area contributed by atoms with Crippen LogP contribution in [0.1, 0.15) is 30.6 Å². The smallest absolute Gasteiger partial charge is 0.158 e. The first kappa shape index (κ1) is 11.6. The molecule has 1 N–H and O–H groups in total. The molecule has 0 saturated heterocycles. The van der Waals surface area contributed by atoms with E-state index in [-0.39, 0.29) is 0 Å². The Bertz CT molecular complexity index is 371. The van der Waals surface area contributed by atoms with E-state index < -0.39 is 5.54 Å². The second-order valence-corrected chi connectivity index (χ2v) is 5.13. The third-order valence-corrected chi connectivity index (χ3v) is 4.20. The highest BCUT2D eigenvalue weighted by atomic mass is 32.1. The first-order chi connectivity index (χ1) is 7.79. The molecule has 0 radical (unpaired) electrons. The van der Waals surface area contributed by atoms with Crippen LogP contribution >= 0.6 is 11.3 Å². The summed E-state index contributed by atoms with van der Waals surface area (Å²) in [5.41, 5.74) is -0.430. The molecule has 1 aromatic heterocycles. The van der Waals surface area contributed by atoms with Crippen LogP contribution in [0.4, 0.5) is 0 Å². The lowest BCUT2D eigenvalue weighted by Gasteiger charge is -2.35. The quantitative estimate of drug-likeness (QED) is 0.813. The molecule has 0 aliphatic heterocycles. The van der Waals surface area contributed by atoms with Gasteiger partial charge in [0.2, 0.25) is 0 Å². The summed E-state index contributed by atoms with van der Waals surface area (Å²) in [6.07, 6.45) is 5.58. The third kappa shape index (κ3) is 1.97. The molecule has 1 fully saturated rings. The Labute approximate surface area is 100 Å². The standard InChI is InChI=1S/C13H17NOS/c1-2-9-14-13(12-7-5-10-16-12)8-4-3-6-11(13)15/h2,5,7,10,14H,1,3-4,6,8-9H2/t13-/m0/s1. The average molecular weight is 235 g/mol. The minimum atomic E-state index is -0.430. The SMILES string of the molecule is C=CCN[C@@]1(c2cccs2)CCCCC1=O. The van der Waals surface area contributed by atoms with Gasteiger partial charge in [-0.1, -0.05) is 18.6 Å². The number of Topliss-reactive ketones (excluding diaryl/α,β-unsaturated/α-hetero) is 1. The first-order valence-corrected chi connectivity index (χ1v) is 6.61. The van der Waals surface area contributed by atoms with Gasteiger partial charge in [-0.25, -0.2) is 0 Å². The first-order valence-electron chi connectivity index (χ1n) is 5.73. The van der Waals surface area contributed by atoms with Crippen molar-refractivity contribution in [2.24, 2.45) is 0 Å². The summed E-state index contributed by atoms with van der Waals surface area (Å²) in [5.74, 6) is 0.336. The van der Waals surface area contributed by atoms with Gasteiger partial charge in [-0.3, -0.25) is 10.1 Å². The van der Waals surface area contributed by atoms with E-state index in [4.69, 9.17) is 0 Å². The molecule has 1 saturated carbocycles. The van der Waals surface area contributed by atoms with E-state index in [1.807, 2.05) is 17.5 Å². The minimum absolute atomic E-state index is 0.336. The predicted octanol–water partition coefficient (Wildman–Crippen LogP) is 2.86. The van der Waals surface area contributed by atoms with Crippen LogP contribution in [0, 0.1) is 0 Å². The number of hydrogen-bond donors (Lipinski definition) is 1. The molecular weight excluding hydrogens is 218 g/mol. The summed E-state index contributed by atoms with van der Waals surface area (Å²) in [5, 5.41) is 5.42. The molecule has 1 atom stereocenters. The molecule has 2 rings (SSSR count). The zero-order chi connectivity index (χ0) is 11.4. The summed E-state index contributed by atoms with van der Waals surface area (Å²) in [4.78, 5) is 13.4. The van der Waals surface area contributed by atoms with Gasteiger partial charge < -0.3 is 0 Å². The number of carbonyl (C=O) groups excluding carboxylic acids is 1. The Morgan fingerprint density at radius 1 is 1.56 bits per heavy atom. The molecular formula is C13H17NOS. The van der Waals surface area contributed by atoms with E-state index in [2.05, 4.69) is 18.0 Å². The van der Waals surface area contributed by atoms with Gasteiger partial charge in [0.1, 0.15) is 5.54 Å². The molecule has 1 aliphatic rings. The van der Waals surface area contributed by atoms with E-state index in [1.165, 1.54) is 0 Å². The van der Waals surface area contributed by atoms with Crippen LogP contribution in [-0.2, 0) is 10.3 Å². The lowest BCUT2D eigenvalue weighted by atomic mass is 9.79. The van der Waals surface area contributed by atoms with Crippen LogP contribution in [0.5, 0.6) is 0 Å². The number of rotatable bonds is 4. The fourth-order valence-corrected chi connectivity index (χ4v) is 3.28. The highest BCUT2D eigenvalue weighted by Crippen LogP contribution is 2.36. The number of carbonyl (C=O) groups is 1. The van der Waals surface area contributed by atoms with Crippen molar-refractivity contribution in [1.29, 1.82) is 0 Å². The van der Waals surface area contributed by atoms with Crippen LogP contribution in [-0.4, -0.2) is 12.3 Å². The molecule has 1 heterocycles. The fraction of sp³-hybridized carbons (Fsp3) is 0.462. The number of nitrogens with one attached hydrogen (secondary N) is 1. The Hall–Kier alpha value is -0.930. The summed E-state index contributed by atoms with van der Waals surface area (Å²) in [7, 11) is 0. The summed E-state index contributed by atoms with van der Waals surface area (Å²) < 4.78 is 0. The molecule has 1 aliphatic carbocycles. The van der Waals surface area contributed by atoms with E-state index in [9.17, 15) is 4.79 Å². The van der Waals surface area contributed by atoms with Crippen molar-refractivity contribution >= 4 is 17.1 Å². The van der Waals surface area contributed by atoms with Gasteiger partial charge in [-0.2, -0.15) is 0 Å². The van der Waals surface area contributed by atoms with Crippen LogP contribution in [0.3, 0.4) is 0 Å². The summed E-state index contributed by atoms with van der Waals surface area (Å²) in [6.45, 7) is 4.40. The predicted molar refractivity (Wildman–Crippen MR) is 67.7 cm³/mol. The van der Waals surface area contributed by atoms with Crippen molar-refractivity contribution < 1.29 is 4.79 Å². The van der Waals surface area contributed by atoms with Crippen LogP contribution in [0.2, 0.25) is 0 Å². The molecule has 86 valence electrons. The summed E-state index contributed by atoms with van der Waals surface area (Å²) in [6, 6.07) is 4.07. The number of hydrogen-bond acceptors (Lipinski definition) is 3. The maximum atomic E-state index is 12.2. The highest BCUT2D eigenvalue weighted by Gasteiger charge is 2.41. The molecule has 3 heteroatoms. The number of ketones is 1. The largest absolute Gasteiger partial charge is 0.297 e. The zero-order valence-electron chi connectivity index (χ0n) is 9.37. The fourth-order valence-electron chi connectivity index (χ4n) is 2.33. The maximum absolute atomic E-state index is 12.2. The second kappa shape index (κ2) is 4.93. The third-order valence-electron chi connectivity index (χ3n) is 3.17. The second-order valence-electron chi connectivity index (χ2n) is 4.18. The molecule has 1 aromatic rings.